The van der Waals surface area contributed by atoms with E-state index >= 15 is 0 Å². The maximum atomic E-state index is 13.2. The van der Waals surface area contributed by atoms with Gasteiger partial charge in [-0.3, -0.25) is 4.79 Å². The maximum Gasteiger partial charge on any atom is 0.225 e. The van der Waals surface area contributed by atoms with Crippen LogP contribution in [0.1, 0.15) is 5.82 Å². The number of hydrogen-bond acceptors (Lipinski definition) is 3. The third-order valence-electron chi connectivity index (χ3n) is 3.58. The maximum absolute atomic E-state index is 13.2. The number of halogens is 1. The lowest BCUT2D eigenvalue weighted by Crippen LogP contribution is -2.16. The Bertz CT molecular complexity index is 872. The van der Waals surface area contributed by atoms with Crippen LogP contribution in [-0.2, 0) is 11.2 Å². The predicted molar refractivity (Wildman–Crippen MR) is 88.4 cm³/mol. The molecule has 24 heavy (non-hydrogen) atoms. The number of nitrogens with two attached hydrogens (primary N) is 1. The van der Waals surface area contributed by atoms with Gasteiger partial charge in [-0.1, -0.05) is 12.1 Å². The fourth-order valence-corrected chi connectivity index (χ4v) is 2.45. The van der Waals surface area contributed by atoms with E-state index in [9.17, 15) is 9.18 Å². The number of primary amides is 1. The highest BCUT2D eigenvalue weighted by Crippen LogP contribution is 2.25. The molecule has 122 valence electrons. The van der Waals surface area contributed by atoms with Gasteiger partial charge in [0.2, 0.25) is 5.91 Å². The monoisotopic (exact) mass is 325 g/mol. The van der Waals surface area contributed by atoms with E-state index in [0.717, 1.165) is 5.56 Å². The Morgan fingerprint density at radius 1 is 1.25 bits per heavy atom. The fourth-order valence-electron chi connectivity index (χ4n) is 2.45. The predicted octanol–water partition coefficient (Wildman–Crippen LogP) is 2.71. The van der Waals surface area contributed by atoms with E-state index in [-0.39, 0.29) is 12.2 Å². The van der Waals surface area contributed by atoms with E-state index in [2.05, 4.69) is 4.98 Å². The second kappa shape index (κ2) is 6.54. The average Bonchev–Trinajstić information content (AvgIpc) is 2.99. The molecule has 0 saturated carbocycles. The van der Waals surface area contributed by atoms with Crippen LogP contribution in [0, 0.1) is 5.82 Å². The summed E-state index contributed by atoms with van der Waals surface area (Å²) in [6.45, 7) is 0. The van der Waals surface area contributed by atoms with Gasteiger partial charge in [0.15, 0.2) is 0 Å². The van der Waals surface area contributed by atoms with Crippen LogP contribution in [0.5, 0.6) is 5.75 Å². The summed E-state index contributed by atoms with van der Waals surface area (Å²) in [5, 5.41) is 0. The lowest BCUT2D eigenvalue weighted by atomic mass is 10.1. The Hall–Kier alpha value is -3.15. The molecule has 1 heterocycles. The first-order valence-corrected chi connectivity index (χ1v) is 7.34. The van der Waals surface area contributed by atoms with Crippen molar-refractivity contribution in [2.24, 2.45) is 5.73 Å². The van der Waals surface area contributed by atoms with Crippen molar-refractivity contribution in [3.05, 3.63) is 66.4 Å². The Labute approximate surface area is 138 Å². The van der Waals surface area contributed by atoms with E-state index in [1.165, 1.54) is 12.1 Å². The molecule has 2 aromatic carbocycles. The molecule has 0 radical (unpaired) electrons. The van der Waals surface area contributed by atoms with Crippen LogP contribution in [0.2, 0.25) is 0 Å². The number of methoxy groups -OCH3 is 1. The Morgan fingerprint density at radius 3 is 2.67 bits per heavy atom. The van der Waals surface area contributed by atoms with Crippen LogP contribution in [-0.4, -0.2) is 22.6 Å². The van der Waals surface area contributed by atoms with E-state index in [1.54, 1.807) is 30.0 Å². The van der Waals surface area contributed by atoms with Crippen molar-refractivity contribution in [1.29, 1.82) is 0 Å². The number of carbonyl (C=O) groups is 1. The topological polar surface area (TPSA) is 70.1 Å². The molecule has 5 nitrogen and oxygen atoms in total. The molecule has 2 N–H and O–H groups in total. The van der Waals surface area contributed by atoms with Crippen molar-refractivity contribution in [1.82, 2.24) is 9.55 Å². The van der Waals surface area contributed by atoms with Crippen LogP contribution in [0.15, 0.2) is 54.7 Å². The molecule has 0 atom stereocenters. The summed E-state index contributed by atoms with van der Waals surface area (Å²) < 4.78 is 20.1. The number of amides is 1. The minimum Gasteiger partial charge on any atom is -0.497 e. The molecule has 0 aliphatic carbocycles. The molecule has 0 saturated heterocycles. The van der Waals surface area contributed by atoms with Gasteiger partial charge in [-0.25, -0.2) is 9.37 Å². The Balaban J connectivity index is 2.08. The molecule has 0 aliphatic heterocycles. The highest BCUT2D eigenvalue weighted by molar-refractivity contribution is 5.76. The van der Waals surface area contributed by atoms with Crippen LogP contribution in [0.25, 0.3) is 16.9 Å². The molecular weight excluding hydrogens is 309 g/mol. The number of ether oxygens (including phenoxy) is 1. The van der Waals surface area contributed by atoms with E-state index in [0.29, 0.717) is 23.0 Å². The third kappa shape index (κ3) is 3.27. The molecule has 1 aromatic heterocycles. The number of rotatable bonds is 5. The molecule has 0 fully saturated rings. The molecule has 0 aliphatic rings. The van der Waals surface area contributed by atoms with Gasteiger partial charge in [-0.2, -0.15) is 0 Å². The molecule has 0 spiro atoms. The Morgan fingerprint density at radius 2 is 2.00 bits per heavy atom. The lowest BCUT2D eigenvalue weighted by molar-refractivity contribution is -0.117. The van der Waals surface area contributed by atoms with E-state index < -0.39 is 5.91 Å². The van der Waals surface area contributed by atoms with E-state index in [1.807, 2.05) is 24.3 Å². The number of imidazole rings is 1. The zero-order valence-electron chi connectivity index (χ0n) is 13.1. The quantitative estimate of drug-likeness (QED) is 0.784. The summed E-state index contributed by atoms with van der Waals surface area (Å²) in [5.74, 6) is 0.386. The van der Waals surface area contributed by atoms with Crippen LogP contribution < -0.4 is 10.5 Å². The first kappa shape index (κ1) is 15.7. The number of benzene rings is 2. The molecule has 0 unspecified atom stereocenters. The summed E-state index contributed by atoms with van der Waals surface area (Å²) in [6, 6.07) is 13.4. The highest BCUT2D eigenvalue weighted by Gasteiger charge is 2.13. The number of nitrogens with zero attached hydrogens (tertiary/aromatic N) is 2. The second-order valence-electron chi connectivity index (χ2n) is 5.26. The zero-order chi connectivity index (χ0) is 17.1. The minimum atomic E-state index is -0.485. The second-order valence-corrected chi connectivity index (χ2v) is 5.26. The van der Waals surface area contributed by atoms with Gasteiger partial charge in [-0.05, 0) is 36.4 Å². The number of carbonyl (C=O) groups excluding carboxylic acids is 1. The van der Waals surface area contributed by atoms with Gasteiger partial charge in [-0.15, -0.1) is 0 Å². The van der Waals surface area contributed by atoms with Crippen molar-refractivity contribution in [2.75, 3.05) is 7.11 Å². The Kier molecular flexibility index (Phi) is 4.29. The molecule has 1 amide bonds. The van der Waals surface area contributed by atoms with Gasteiger partial charge >= 0.3 is 0 Å². The largest absolute Gasteiger partial charge is 0.497 e. The van der Waals surface area contributed by atoms with E-state index in [4.69, 9.17) is 10.5 Å². The highest BCUT2D eigenvalue weighted by atomic mass is 19.1. The van der Waals surface area contributed by atoms with Crippen molar-refractivity contribution in [2.45, 2.75) is 6.42 Å². The fraction of sp³-hybridized carbons (Fsp3) is 0.111. The molecule has 3 rings (SSSR count). The van der Waals surface area contributed by atoms with Crippen LogP contribution in [0.3, 0.4) is 0 Å². The van der Waals surface area contributed by atoms with Crippen LogP contribution in [0.4, 0.5) is 4.39 Å². The normalized spacial score (nSPS) is 10.6. The van der Waals surface area contributed by atoms with Crippen molar-refractivity contribution in [3.63, 3.8) is 0 Å². The smallest absolute Gasteiger partial charge is 0.225 e. The summed E-state index contributed by atoms with van der Waals surface area (Å²) in [7, 11) is 1.59. The summed E-state index contributed by atoms with van der Waals surface area (Å²) >= 11 is 0. The summed E-state index contributed by atoms with van der Waals surface area (Å²) in [5.41, 5.74) is 7.54. The number of hydrogen-bond donors (Lipinski definition) is 1. The number of aromatic nitrogens is 2. The van der Waals surface area contributed by atoms with Gasteiger partial charge in [0, 0.05) is 17.4 Å². The third-order valence-corrected chi connectivity index (χ3v) is 3.58. The first-order chi connectivity index (χ1) is 11.6. The van der Waals surface area contributed by atoms with Crippen molar-refractivity contribution < 1.29 is 13.9 Å². The van der Waals surface area contributed by atoms with Gasteiger partial charge < -0.3 is 15.0 Å². The molecule has 3 aromatic rings. The molecular formula is C18H16FN3O2. The van der Waals surface area contributed by atoms with Gasteiger partial charge in [0.25, 0.3) is 0 Å². The molecule has 0 bridgehead atoms. The van der Waals surface area contributed by atoms with Gasteiger partial charge in [0.05, 0.1) is 19.2 Å². The van der Waals surface area contributed by atoms with Gasteiger partial charge in [0.1, 0.15) is 17.4 Å². The summed E-state index contributed by atoms with van der Waals surface area (Å²) in [4.78, 5) is 15.8. The minimum absolute atomic E-state index is 0.0126. The average molecular weight is 325 g/mol. The van der Waals surface area contributed by atoms with Crippen molar-refractivity contribution >= 4 is 5.91 Å². The standard InChI is InChI=1S/C18H16FN3O2/c1-24-15-4-2-3-12(9-15)16-11-22(18(21-16)10-17(20)23)14-7-5-13(19)6-8-14/h2-9,11H,10H2,1H3,(H2,20,23). The summed E-state index contributed by atoms with van der Waals surface area (Å²) in [6.07, 6.45) is 1.78. The zero-order valence-corrected chi connectivity index (χ0v) is 13.1. The van der Waals surface area contributed by atoms with Crippen LogP contribution >= 0.6 is 0 Å². The lowest BCUT2D eigenvalue weighted by Gasteiger charge is -2.06. The first-order valence-electron chi connectivity index (χ1n) is 7.34. The SMILES string of the molecule is COc1cccc(-c2cn(-c3ccc(F)cc3)c(CC(N)=O)n2)c1. The molecule has 6 heteroatoms. The van der Waals surface area contributed by atoms with Crippen molar-refractivity contribution in [3.8, 4) is 22.7 Å².